The van der Waals surface area contributed by atoms with Crippen LogP contribution in [0.3, 0.4) is 0 Å². The van der Waals surface area contributed by atoms with E-state index < -0.39 is 18.0 Å². The minimum atomic E-state index is -0.862. The zero-order valence-corrected chi connectivity index (χ0v) is 18.5. The summed E-state index contributed by atoms with van der Waals surface area (Å²) < 4.78 is 0. The van der Waals surface area contributed by atoms with Gasteiger partial charge < -0.3 is 15.6 Å². The first-order valence-corrected chi connectivity index (χ1v) is 11.7. The predicted molar refractivity (Wildman–Crippen MR) is 124 cm³/mol. The molecule has 8 nitrogen and oxygen atoms in total. The molecule has 0 spiro atoms. The number of carbonyl (C=O) groups is 3. The molecule has 1 aromatic carbocycles. The van der Waals surface area contributed by atoms with Gasteiger partial charge in [-0.25, -0.2) is 10.2 Å². The fraction of sp³-hybridized carbons (Fsp3) is 0.348. The van der Waals surface area contributed by atoms with Crippen molar-refractivity contribution < 1.29 is 14.4 Å². The first kappa shape index (κ1) is 21.9. The molecule has 4 rings (SSSR count). The van der Waals surface area contributed by atoms with Crippen molar-refractivity contribution in [2.24, 2.45) is 0 Å². The Labute approximate surface area is 190 Å². The molecule has 1 fully saturated rings. The number of fused-ring (bicyclic) bond motifs is 1. The molecule has 1 aliphatic carbocycles. The number of rotatable bonds is 6. The molecule has 2 aromatic heterocycles. The Bertz CT molecular complexity index is 1070. The van der Waals surface area contributed by atoms with Gasteiger partial charge in [0.2, 0.25) is 0 Å². The third-order valence-corrected chi connectivity index (χ3v) is 6.57. The van der Waals surface area contributed by atoms with Crippen molar-refractivity contribution in [3.05, 3.63) is 58.4 Å². The third kappa shape index (κ3) is 5.47. The average molecular weight is 454 g/mol. The number of hydrazine groups is 1. The van der Waals surface area contributed by atoms with Gasteiger partial charge in [-0.1, -0.05) is 43.5 Å². The first-order chi connectivity index (χ1) is 15.6. The van der Waals surface area contributed by atoms with Crippen LogP contribution in [0.4, 0.5) is 4.79 Å². The number of hydrogen-bond donors (Lipinski definition) is 5. The first-order valence-electron chi connectivity index (χ1n) is 10.9. The minimum Gasteiger partial charge on any atom is -0.361 e. The van der Waals surface area contributed by atoms with Crippen molar-refractivity contribution in [1.82, 2.24) is 26.5 Å². The van der Waals surface area contributed by atoms with Gasteiger partial charge in [0, 0.05) is 29.6 Å². The zero-order chi connectivity index (χ0) is 22.3. The highest BCUT2D eigenvalue weighted by atomic mass is 32.1. The summed E-state index contributed by atoms with van der Waals surface area (Å²) in [6.07, 6.45) is 7.39. The van der Waals surface area contributed by atoms with Gasteiger partial charge in [0.05, 0.1) is 4.88 Å². The van der Waals surface area contributed by atoms with E-state index in [-0.39, 0.29) is 18.4 Å². The normalized spacial score (nSPS) is 15.1. The van der Waals surface area contributed by atoms with E-state index >= 15 is 0 Å². The molecule has 1 aliphatic rings. The molecule has 0 radical (unpaired) electrons. The second-order valence-corrected chi connectivity index (χ2v) is 8.94. The van der Waals surface area contributed by atoms with Crippen molar-refractivity contribution >= 4 is 40.1 Å². The number of para-hydroxylation sites is 1. The molecule has 0 saturated heterocycles. The van der Waals surface area contributed by atoms with Crippen molar-refractivity contribution in [1.29, 1.82) is 0 Å². The zero-order valence-electron chi connectivity index (χ0n) is 17.6. The number of urea groups is 1. The third-order valence-electron chi connectivity index (χ3n) is 5.71. The summed E-state index contributed by atoms with van der Waals surface area (Å²) in [5, 5.41) is 8.48. The highest BCUT2D eigenvalue weighted by Gasteiger charge is 2.24. The minimum absolute atomic E-state index is 0.126. The fourth-order valence-electron chi connectivity index (χ4n) is 4.04. The lowest BCUT2D eigenvalue weighted by molar-refractivity contribution is -0.123. The van der Waals surface area contributed by atoms with Crippen LogP contribution >= 0.6 is 11.3 Å². The molecule has 0 aliphatic heterocycles. The smallest absolute Gasteiger partial charge is 0.333 e. The highest BCUT2D eigenvalue weighted by molar-refractivity contribution is 7.12. The lowest BCUT2D eigenvalue weighted by Gasteiger charge is -2.23. The number of thiophene rings is 1. The fourth-order valence-corrected chi connectivity index (χ4v) is 4.67. The Kier molecular flexibility index (Phi) is 7.06. The summed E-state index contributed by atoms with van der Waals surface area (Å²) in [6.45, 7) is 0. The molecule has 9 heteroatoms. The van der Waals surface area contributed by atoms with Crippen LogP contribution in [0, 0.1) is 0 Å². The standard InChI is InChI=1S/C23H27N5O3S/c29-21(27-28-23(31)25-16-7-2-1-3-8-16)19(26-22(30)20-11-6-12-32-20)13-15-14-24-18-10-5-4-9-17(15)18/h4-6,9-12,14,16,19,24H,1-3,7-8,13H2,(H,26,30)(H,27,29)(H2,25,28,31). The molecule has 2 heterocycles. The Morgan fingerprint density at radius 3 is 2.62 bits per heavy atom. The number of nitrogens with one attached hydrogen (secondary N) is 5. The lowest BCUT2D eigenvalue weighted by Crippen LogP contribution is -2.56. The number of amides is 4. The molecule has 168 valence electrons. The topological polar surface area (TPSA) is 115 Å². The second-order valence-electron chi connectivity index (χ2n) is 7.99. The number of aromatic amines is 1. The maximum absolute atomic E-state index is 12.9. The van der Waals surface area contributed by atoms with Crippen molar-refractivity contribution in [3.8, 4) is 0 Å². The van der Waals surface area contributed by atoms with Crippen LogP contribution in [0.15, 0.2) is 48.0 Å². The average Bonchev–Trinajstić information content (AvgIpc) is 3.48. The Morgan fingerprint density at radius 1 is 1.03 bits per heavy atom. The summed E-state index contributed by atoms with van der Waals surface area (Å²) in [7, 11) is 0. The van der Waals surface area contributed by atoms with E-state index in [1.165, 1.54) is 17.8 Å². The Balaban J connectivity index is 1.42. The van der Waals surface area contributed by atoms with Crippen LogP contribution in [-0.2, 0) is 11.2 Å². The lowest BCUT2D eigenvalue weighted by atomic mass is 9.96. The Morgan fingerprint density at radius 2 is 1.84 bits per heavy atom. The summed E-state index contributed by atoms with van der Waals surface area (Å²) in [5.41, 5.74) is 6.75. The van der Waals surface area contributed by atoms with E-state index in [4.69, 9.17) is 0 Å². The van der Waals surface area contributed by atoms with Gasteiger partial charge in [-0.3, -0.25) is 15.0 Å². The van der Waals surface area contributed by atoms with Gasteiger partial charge in [-0.15, -0.1) is 11.3 Å². The van der Waals surface area contributed by atoms with Gasteiger partial charge in [-0.05, 0) is 35.9 Å². The number of carbonyl (C=O) groups excluding carboxylic acids is 3. The number of H-pyrrole nitrogens is 1. The summed E-state index contributed by atoms with van der Waals surface area (Å²) in [4.78, 5) is 41.5. The highest BCUT2D eigenvalue weighted by Crippen LogP contribution is 2.20. The molecule has 3 aromatic rings. The van der Waals surface area contributed by atoms with Gasteiger partial charge in [0.1, 0.15) is 6.04 Å². The van der Waals surface area contributed by atoms with Crippen LogP contribution in [0.25, 0.3) is 10.9 Å². The van der Waals surface area contributed by atoms with E-state index in [1.807, 2.05) is 30.5 Å². The van der Waals surface area contributed by atoms with Gasteiger partial charge in [0.25, 0.3) is 11.8 Å². The molecule has 1 atom stereocenters. The molecule has 4 amide bonds. The number of hydrogen-bond acceptors (Lipinski definition) is 4. The molecule has 0 bridgehead atoms. The molecule has 1 unspecified atom stereocenters. The maximum atomic E-state index is 12.9. The van der Waals surface area contributed by atoms with Crippen LogP contribution in [-0.4, -0.2) is 34.9 Å². The van der Waals surface area contributed by atoms with Crippen LogP contribution in [0.5, 0.6) is 0 Å². The van der Waals surface area contributed by atoms with Crippen molar-refractivity contribution in [2.45, 2.75) is 50.6 Å². The number of benzene rings is 1. The second kappa shape index (κ2) is 10.3. The SMILES string of the molecule is O=C(NNC(=O)C(Cc1c[nH]c2ccccc12)NC(=O)c1cccs1)NC1CCCCC1. The van der Waals surface area contributed by atoms with Gasteiger partial charge in [0.15, 0.2) is 0 Å². The van der Waals surface area contributed by atoms with Crippen molar-refractivity contribution in [2.75, 3.05) is 0 Å². The Hall–Kier alpha value is -3.33. The quantitative estimate of drug-likeness (QED) is 0.369. The molecule has 32 heavy (non-hydrogen) atoms. The molecular formula is C23H27N5O3S. The van der Waals surface area contributed by atoms with E-state index in [9.17, 15) is 14.4 Å². The molecular weight excluding hydrogens is 426 g/mol. The molecule has 1 saturated carbocycles. The van der Waals surface area contributed by atoms with E-state index in [2.05, 4.69) is 26.5 Å². The summed E-state index contributed by atoms with van der Waals surface area (Å²) in [6, 6.07) is 10.1. The largest absolute Gasteiger partial charge is 0.361 e. The summed E-state index contributed by atoms with van der Waals surface area (Å²) >= 11 is 1.30. The van der Waals surface area contributed by atoms with Crippen molar-refractivity contribution in [3.63, 3.8) is 0 Å². The van der Waals surface area contributed by atoms with E-state index in [1.54, 1.807) is 17.5 Å². The number of aromatic nitrogens is 1. The van der Waals surface area contributed by atoms with Gasteiger partial charge in [-0.2, -0.15) is 0 Å². The molecule has 5 N–H and O–H groups in total. The monoisotopic (exact) mass is 453 g/mol. The maximum Gasteiger partial charge on any atom is 0.333 e. The van der Waals surface area contributed by atoms with Crippen LogP contribution < -0.4 is 21.5 Å². The van der Waals surface area contributed by atoms with Crippen LogP contribution in [0.2, 0.25) is 0 Å². The van der Waals surface area contributed by atoms with Crippen LogP contribution in [0.1, 0.15) is 47.3 Å². The summed E-state index contributed by atoms with van der Waals surface area (Å²) in [5.74, 6) is -0.814. The predicted octanol–water partition coefficient (Wildman–Crippen LogP) is 3.23. The van der Waals surface area contributed by atoms with Gasteiger partial charge >= 0.3 is 6.03 Å². The van der Waals surface area contributed by atoms with E-state index in [0.29, 0.717) is 4.88 Å². The van der Waals surface area contributed by atoms with E-state index in [0.717, 1.165) is 42.1 Å².